The minimum Gasteiger partial charge on any atom is -0.489 e. The van der Waals surface area contributed by atoms with E-state index in [-0.39, 0.29) is 12.5 Å². The highest BCUT2D eigenvalue weighted by atomic mass is 35.5. The Morgan fingerprint density at radius 3 is 2.34 bits per heavy atom. The van der Waals surface area contributed by atoms with Crippen LogP contribution in [0, 0.1) is 6.92 Å². The molecule has 0 spiro atoms. The molecule has 0 aliphatic carbocycles. The molecule has 1 saturated heterocycles. The molecule has 0 unspecified atom stereocenters. The molecule has 0 atom stereocenters. The van der Waals surface area contributed by atoms with Gasteiger partial charge in [-0.1, -0.05) is 47.9 Å². The van der Waals surface area contributed by atoms with Crippen molar-refractivity contribution in [3.63, 3.8) is 0 Å². The van der Waals surface area contributed by atoms with Crippen molar-refractivity contribution in [1.82, 2.24) is 15.0 Å². The fourth-order valence-corrected chi connectivity index (χ4v) is 3.94. The number of piperazine rings is 1. The van der Waals surface area contributed by atoms with Crippen molar-refractivity contribution in [3.05, 3.63) is 81.7 Å². The number of hydrogen-bond donors (Lipinski definition) is 0. The van der Waals surface area contributed by atoms with E-state index in [1.54, 1.807) is 0 Å². The summed E-state index contributed by atoms with van der Waals surface area (Å²) in [5, 5.41) is 4.79. The first-order valence-corrected chi connectivity index (χ1v) is 11.3. The van der Waals surface area contributed by atoms with Gasteiger partial charge in [0, 0.05) is 37.7 Å². The summed E-state index contributed by atoms with van der Waals surface area (Å²) in [5.74, 6) is 1.27. The first-order chi connectivity index (χ1) is 15.5. The first kappa shape index (κ1) is 22.4. The Kier molecular flexibility index (Phi) is 7.12. The second-order valence-corrected chi connectivity index (χ2v) is 8.48. The van der Waals surface area contributed by atoms with Crippen LogP contribution in [0.15, 0.2) is 53.1 Å². The maximum atomic E-state index is 13.1. The lowest BCUT2D eigenvalue weighted by atomic mass is 10.1. The number of aromatic nitrogens is 1. The molecule has 0 bridgehead atoms. The summed E-state index contributed by atoms with van der Waals surface area (Å²) in [5.41, 5.74) is 3.52. The van der Waals surface area contributed by atoms with Crippen LogP contribution in [0.3, 0.4) is 0 Å². The van der Waals surface area contributed by atoms with Gasteiger partial charge in [0.25, 0.3) is 5.91 Å². The van der Waals surface area contributed by atoms with Crippen molar-refractivity contribution in [2.45, 2.75) is 33.4 Å². The lowest BCUT2D eigenvalue weighted by molar-refractivity contribution is 0.0616. The highest BCUT2D eigenvalue weighted by Crippen LogP contribution is 2.21. The van der Waals surface area contributed by atoms with E-state index in [2.05, 4.69) is 17.0 Å². The standard InChI is InChI=1S/C25H28ClN3O3/c1-3-19-6-10-22(11-7-19)31-17-23-18(2)32-27-24(23)25(30)29-14-12-28(13-15-29)16-20-4-8-21(26)9-5-20/h4-11H,3,12-17H2,1-2H3. The van der Waals surface area contributed by atoms with Crippen LogP contribution < -0.4 is 4.74 Å². The number of ether oxygens (including phenoxy) is 1. The molecule has 0 N–H and O–H groups in total. The van der Waals surface area contributed by atoms with Gasteiger partial charge in [-0.3, -0.25) is 9.69 Å². The van der Waals surface area contributed by atoms with E-state index in [1.165, 1.54) is 11.1 Å². The average Bonchev–Trinajstić information content (AvgIpc) is 3.19. The number of halogens is 1. The number of benzene rings is 2. The lowest BCUT2D eigenvalue weighted by Crippen LogP contribution is -2.48. The minimum absolute atomic E-state index is 0.104. The molecule has 7 heteroatoms. The summed E-state index contributed by atoms with van der Waals surface area (Å²) in [4.78, 5) is 17.3. The molecule has 2 aromatic carbocycles. The monoisotopic (exact) mass is 453 g/mol. The highest BCUT2D eigenvalue weighted by molar-refractivity contribution is 6.30. The predicted octanol–water partition coefficient (Wildman–Crippen LogP) is 4.74. The number of carbonyl (C=O) groups excluding carboxylic acids is 1. The fraction of sp³-hybridized carbons (Fsp3) is 0.360. The summed E-state index contributed by atoms with van der Waals surface area (Å²) >= 11 is 5.97. The van der Waals surface area contributed by atoms with Crippen LogP contribution in [-0.4, -0.2) is 47.0 Å². The molecule has 2 heterocycles. The van der Waals surface area contributed by atoms with Crippen LogP contribution in [0.2, 0.25) is 5.02 Å². The Labute approximate surface area is 193 Å². The largest absolute Gasteiger partial charge is 0.489 e. The Hall–Kier alpha value is -2.83. The van der Waals surface area contributed by atoms with Gasteiger partial charge < -0.3 is 14.2 Å². The fourth-order valence-electron chi connectivity index (χ4n) is 3.81. The third-order valence-corrected chi connectivity index (χ3v) is 6.13. The molecule has 1 amide bonds. The van der Waals surface area contributed by atoms with Gasteiger partial charge in [-0.25, -0.2) is 0 Å². The molecule has 4 rings (SSSR count). The zero-order valence-corrected chi connectivity index (χ0v) is 19.3. The van der Waals surface area contributed by atoms with Crippen molar-refractivity contribution in [2.75, 3.05) is 26.2 Å². The summed E-state index contributed by atoms with van der Waals surface area (Å²) in [6, 6.07) is 15.9. The van der Waals surface area contributed by atoms with Gasteiger partial charge in [0.15, 0.2) is 5.69 Å². The lowest BCUT2D eigenvalue weighted by Gasteiger charge is -2.34. The van der Waals surface area contributed by atoms with E-state index < -0.39 is 0 Å². The summed E-state index contributed by atoms with van der Waals surface area (Å²) < 4.78 is 11.3. The normalized spacial score (nSPS) is 14.5. The number of amides is 1. The number of rotatable bonds is 7. The van der Waals surface area contributed by atoms with E-state index in [9.17, 15) is 4.79 Å². The van der Waals surface area contributed by atoms with Crippen molar-refractivity contribution >= 4 is 17.5 Å². The maximum Gasteiger partial charge on any atom is 0.276 e. The predicted molar refractivity (Wildman–Crippen MR) is 124 cm³/mol. The molecule has 6 nitrogen and oxygen atoms in total. The van der Waals surface area contributed by atoms with Gasteiger partial charge in [-0.2, -0.15) is 0 Å². The zero-order chi connectivity index (χ0) is 22.5. The maximum absolute atomic E-state index is 13.1. The van der Waals surface area contributed by atoms with E-state index in [0.29, 0.717) is 30.1 Å². The van der Waals surface area contributed by atoms with Crippen molar-refractivity contribution in [3.8, 4) is 5.75 Å². The van der Waals surface area contributed by atoms with Crippen LogP contribution in [0.5, 0.6) is 5.75 Å². The van der Waals surface area contributed by atoms with Crippen LogP contribution >= 0.6 is 11.6 Å². The highest BCUT2D eigenvalue weighted by Gasteiger charge is 2.28. The second-order valence-electron chi connectivity index (χ2n) is 8.05. The molecule has 1 aromatic heterocycles. The van der Waals surface area contributed by atoms with Crippen LogP contribution in [-0.2, 0) is 19.6 Å². The molecule has 0 radical (unpaired) electrons. The Bertz CT molecular complexity index is 1040. The molecule has 3 aromatic rings. The summed E-state index contributed by atoms with van der Waals surface area (Å²) in [6.07, 6.45) is 0.983. The van der Waals surface area contributed by atoms with Crippen LogP contribution in [0.4, 0.5) is 0 Å². The molecular weight excluding hydrogens is 426 g/mol. The zero-order valence-electron chi connectivity index (χ0n) is 18.5. The van der Waals surface area contributed by atoms with E-state index in [4.69, 9.17) is 20.9 Å². The molecular formula is C25H28ClN3O3. The van der Waals surface area contributed by atoms with E-state index in [0.717, 1.165) is 36.8 Å². The van der Waals surface area contributed by atoms with Gasteiger partial charge >= 0.3 is 0 Å². The molecule has 168 valence electrons. The molecule has 0 saturated carbocycles. The third-order valence-electron chi connectivity index (χ3n) is 5.88. The van der Waals surface area contributed by atoms with Crippen LogP contribution in [0.1, 0.15) is 39.9 Å². The first-order valence-electron chi connectivity index (χ1n) is 11.0. The Morgan fingerprint density at radius 1 is 1.03 bits per heavy atom. The summed E-state index contributed by atoms with van der Waals surface area (Å²) in [7, 11) is 0. The molecule has 1 fully saturated rings. The quantitative estimate of drug-likeness (QED) is 0.517. The summed E-state index contributed by atoms with van der Waals surface area (Å²) in [6.45, 7) is 7.94. The molecule has 1 aliphatic heterocycles. The SMILES string of the molecule is CCc1ccc(OCc2c(C(=O)N3CCN(Cc4ccc(Cl)cc4)CC3)noc2C)cc1. The van der Waals surface area contributed by atoms with Crippen molar-refractivity contribution < 1.29 is 14.1 Å². The second kappa shape index (κ2) is 10.2. The Balaban J connectivity index is 1.35. The van der Waals surface area contributed by atoms with E-state index >= 15 is 0 Å². The van der Waals surface area contributed by atoms with Gasteiger partial charge in [0.2, 0.25) is 0 Å². The number of hydrogen-bond acceptors (Lipinski definition) is 5. The molecule has 1 aliphatic rings. The smallest absolute Gasteiger partial charge is 0.276 e. The van der Waals surface area contributed by atoms with Gasteiger partial charge in [-0.05, 0) is 48.7 Å². The molecule has 32 heavy (non-hydrogen) atoms. The van der Waals surface area contributed by atoms with Crippen LogP contribution in [0.25, 0.3) is 0 Å². The van der Waals surface area contributed by atoms with Gasteiger partial charge in [0.05, 0.1) is 5.56 Å². The number of nitrogens with zero attached hydrogens (tertiary/aromatic N) is 3. The van der Waals surface area contributed by atoms with Gasteiger partial charge in [-0.15, -0.1) is 0 Å². The van der Waals surface area contributed by atoms with Crippen molar-refractivity contribution in [2.24, 2.45) is 0 Å². The van der Waals surface area contributed by atoms with Crippen molar-refractivity contribution in [1.29, 1.82) is 0 Å². The number of carbonyl (C=O) groups is 1. The number of aryl methyl sites for hydroxylation is 2. The average molecular weight is 454 g/mol. The minimum atomic E-state index is -0.104. The van der Waals surface area contributed by atoms with Gasteiger partial charge in [0.1, 0.15) is 18.1 Å². The van der Waals surface area contributed by atoms with E-state index in [1.807, 2.05) is 60.4 Å². The third kappa shape index (κ3) is 5.31. The Morgan fingerprint density at radius 2 is 1.69 bits per heavy atom. The topological polar surface area (TPSA) is 58.8 Å².